The molecule has 0 amide bonds. The van der Waals surface area contributed by atoms with Gasteiger partial charge in [0.15, 0.2) is 0 Å². The molecule has 0 atom stereocenters. The van der Waals surface area contributed by atoms with Crippen molar-refractivity contribution in [3.05, 3.63) is 82.9 Å². The molecule has 0 spiro atoms. The van der Waals surface area contributed by atoms with Gasteiger partial charge >= 0.3 is 6.11 Å². The van der Waals surface area contributed by atoms with Crippen LogP contribution in [0, 0.1) is 17.2 Å². The molecule has 0 bridgehead atoms. The van der Waals surface area contributed by atoms with Gasteiger partial charge in [-0.2, -0.15) is 14.0 Å². The molecule has 0 aromatic heterocycles. The summed E-state index contributed by atoms with van der Waals surface area (Å²) in [5.74, 6) is 1.26. The molecular weight excluding hydrogens is 392 g/mol. The summed E-state index contributed by atoms with van der Waals surface area (Å²) >= 11 is 0. The molecule has 31 heavy (non-hydrogen) atoms. The number of nitriles is 1. The van der Waals surface area contributed by atoms with Crippen LogP contribution in [0.25, 0.3) is 0 Å². The van der Waals surface area contributed by atoms with Gasteiger partial charge in [0.05, 0.1) is 23.8 Å². The zero-order valence-corrected chi connectivity index (χ0v) is 18.2. The van der Waals surface area contributed by atoms with Gasteiger partial charge in [-0.25, -0.2) is 0 Å². The van der Waals surface area contributed by atoms with Crippen LogP contribution >= 0.6 is 0 Å². The van der Waals surface area contributed by atoms with Crippen molar-refractivity contribution in [1.29, 1.82) is 5.26 Å². The average molecular weight is 424 g/mol. The Morgan fingerprint density at radius 2 is 1.71 bits per heavy atom. The molecule has 0 unspecified atom stereocenters. The largest absolute Gasteiger partial charge is 0.383 e. The zero-order valence-electron chi connectivity index (χ0n) is 18.2. The highest BCUT2D eigenvalue weighted by Crippen LogP contribution is 2.38. The van der Waals surface area contributed by atoms with E-state index >= 15 is 0 Å². The Labute approximate surface area is 184 Å². The van der Waals surface area contributed by atoms with E-state index in [0.29, 0.717) is 17.9 Å². The second-order valence-corrected chi connectivity index (χ2v) is 8.41. The molecule has 0 saturated heterocycles. The molecule has 1 aliphatic carbocycles. The maximum absolute atomic E-state index is 14.5. The molecular formula is C27H31F2NO. The fraction of sp³-hybridized carbons (Fsp3) is 0.444. The molecule has 0 aliphatic heterocycles. The smallest absolute Gasteiger partial charge is 0.316 e. The molecule has 0 heterocycles. The summed E-state index contributed by atoms with van der Waals surface area (Å²) in [4.78, 5) is 0. The van der Waals surface area contributed by atoms with Crippen LogP contribution in [0.4, 0.5) is 8.78 Å². The lowest BCUT2D eigenvalue weighted by Crippen LogP contribution is -2.20. The van der Waals surface area contributed by atoms with E-state index in [1.54, 1.807) is 24.3 Å². The predicted octanol–water partition coefficient (Wildman–Crippen LogP) is 7.50. The lowest BCUT2D eigenvalue weighted by Gasteiger charge is -2.29. The van der Waals surface area contributed by atoms with Gasteiger partial charge in [0, 0.05) is 0 Å². The number of benzene rings is 2. The Hall–Kier alpha value is -2.51. The maximum Gasteiger partial charge on any atom is 0.383 e. The molecule has 0 N–H and O–H groups in total. The van der Waals surface area contributed by atoms with Crippen LogP contribution in [0.1, 0.15) is 73.6 Å². The van der Waals surface area contributed by atoms with Gasteiger partial charge in [0.2, 0.25) is 0 Å². The van der Waals surface area contributed by atoms with E-state index in [1.807, 2.05) is 18.2 Å². The predicted molar refractivity (Wildman–Crippen MR) is 120 cm³/mol. The lowest BCUT2D eigenvalue weighted by molar-refractivity contribution is -0.248. The maximum atomic E-state index is 14.5. The minimum absolute atomic E-state index is 0.0854. The molecule has 3 rings (SSSR count). The van der Waals surface area contributed by atoms with Crippen molar-refractivity contribution < 1.29 is 13.5 Å². The summed E-state index contributed by atoms with van der Waals surface area (Å²) in [5, 5.41) is 8.82. The van der Waals surface area contributed by atoms with Crippen molar-refractivity contribution in [2.24, 2.45) is 5.92 Å². The molecule has 164 valence electrons. The van der Waals surface area contributed by atoms with E-state index in [0.717, 1.165) is 36.3 Å². The number of hydrogen-bond donors (Lipinski definition) is 0. The summed E-state index contributed by atoms with van der Waals surface area (Å²) in [6.45, 7) is 1.97. The van der Waals surface area contributed by atoms with Crippen LogP contribution in [0.15, 0.2) is 60.7 Å². The number of rotatable bonds is 9. The number of allylic oxidation sites excluding steroid dienone is 2. The highest BCUT2D eigenvalue weighted by molar-refractivity contribution is 5.31. The van der Waals surface area contributed by atoms with Crippen molar-refractivity contribution in [1.82, 2.24) is 0 Å². The van der Waals surface area contributed by atoms with Gasteiger partial charge in [0.25, 0.3) is 0 Å². The van der Waals surface area contributed by atoms with Crippen LogP contribution < -0.4 is 0 Å². The van der Waals surface area contributed by atoms with Crippen molar-refractivity contribution >= 4 is 0 Å². The second-order valence-electron chi connectivity index (χ2n) is 8.41. The van der Waals surface area contributed by atoms with Crippen molar-refractivity contribution in [3.8, 4) is 6.07 Å². The Bertz CT molecular complexity index is 873. The molecule has 0 radical (unpaired) electrons. The number of ether oxygens (including phenoxy) is 1. The second kappa shape index (κ2) is 11.2. The standard InChI is InChI=1S/C27H31F2NO/c1-2-3-4-5-21-10-12-24(13-11-21)25-14-16-26(17-15-25)27(28,29)31-19-18-22-6-8-23(20-30)9-7-22/h2-3,6-9,14-17,21,24H,4-5,10-13,18-19H2,1H3. The van der Waals surface area contributed by atoms with Crippen LogP contribution in [0.2, 0.25) is 0 Å². The van der Waals surface area contributed by atoms with Gasteiger partial charge in [-0.05, 0) is 87.0 Å². The van der Waals surface area contributed by atoms with Gasteiger partial charge < -0.3 is 4.74 Å². The van der Waals surface area contributed by atoms with Crippen LogP contribution in [-0.2, 0) is 17.3 Å². The fourth-order valence-electron chi connectivity index (χ4n) is 4.36. The van der Waals surface area contributed by atoms with E-state index in [9.17, 15) is 8.78 Å². The topological polar surface area (TPSA) is 33.0 Å². The Morgan fingerprint density at radius 1 is 1.03 bits per heavy atom. The molecule has 2 aromatic rings. The molecule has 1 saturated carbocycles. The molecule has 1 fully saturated rings. The summed E-state index contributed by atoms with van der Waals surface area (Å²) in [6, 6.07) is 15.7. The van der Waals surface area contributed by atoms with Gasteiger partial charge in [-0.15, -0.1) is 0 Å². The van der Waals surface area contributed by atoms with Crippen LogP contribution in [-0.4, -0.2) is 6.61 Å². The molecule has 2 nitrogen and oxygen atoms in total. The summed E-state index contributed by atoms with van der Waals surface area (Å²) in [6.07, 6.45) is 8.53. The molecule has 1 aliphatic rings. The Morgan fingerprint density at radius 3 is 2.32 bits per heavy atom. The first kappa shape index (κ1) is 23.2. The molecule has 4 heteroatoms. The number of nitrogens with zero attached hydrogens (tertiary/aromatic N) is 1. The van der Waals surface area contributed by atoms with E-state index < -0.39 is 6.11 Å². The monoisotopic (exact) mass is 423 g/mol. The van der Waals surface area contributed by atoms with Crippen molar-refractivity contribution in [2.45, 2.75) is 63.9 Å². The van der Waals surface area contributed by atoms with Gasteiger partial charge in [0.1, 0.15) is 0 Å². The van der Waals surface area contributed by atoms with E-state index in [-0.39, 0.29) is 12.2 Å². The minimum Gasteiger partial charge on any atom is -0.316 e. The summed E-state index contributed by atoms with van der Waals surface area (Å²) in [7, 11) is 0. The summed E-state index contributed by atoms with van der Waals surface area (Å²) < 4.78 is 33.9. The highest BCUT2D eigenvalue weighted by Gasteiger charge is 2.33. The number of alkyl halides is 2. The van der Waals surface area contributed by atoms with E-state index in [2.05, 4.69) is 19.1 Å². The zero-order chi connectivity index (χ0) is 22.1. The van der Waals surface area contributed by atoms with E-state index in [1.165, 1.54) is 31.4 Å². The van der Waals surface area contributed by atoms with E-state index in [4.69, 9.17) is 10.00 Å². The first-order chi connectivity index (χ1) is 15.0. The first-order valence-electron chi connectivity index (χ1n) is 11.2. The number of halogens is 2. The fourth-order valence-corrected chi connectivity index (χ4v) is 4.36. The van der Waals surface area contributed by atoms with Crippen LogP contribution in [0.3, 0.4) is 0 Å². The average Bonchev–Trinajstić information content (AvgIpc) is 2.80. The Kier molecular flexibility index (Phi) is 8.37. The molecule has 2 aromatic carbocycles. The third-order valence-corrected chi connectivity index (χ3v) is 6.30. The lowest BCUT2D eigenvalue weighted by atomic mass is 9.77. The van der Waals surface area contributed by atoms with Crippen molar-refractivity contribution in [3.63, 3.8) is 0 Å². The third-order valence-electron chi connectivity index (χ3n) is 6.30. The normalized spacial score (nSPS) is 19.4. The first-order valence-corrected chi connectivity index (χ1v) is 11.2. The van der Waals surface area contributed by atoms with Gasteiger partial charge in [-0.3, -0.25) is 0 Å². The third kappa shape index (κ3) is 6.74. The number of hydrogen-bond acceptors (Lipinski definition) is 2. The Balaban J connectivity index is 1.48. The quantitative estimate of drug-likeness (QED) is 0.391. The SMILES string of the molecule is CC=CCCC1CCC(c2ccc(C(F)(F)OCCc3ccc(C#N)cc3)cc2)CC1. The van der Waals surface area contributed by atoms with Crippen LogP contribution in [0.5, 0.6) is 0 Å². The minimum atomic E-state index is -3.31. The van der Waals surface area contributed by atoms with Gasteiger partial charge in [-0.1, -0.05) is 48.6 Å². The summed E-state index contributed by atoms with van der Waals surface area (Å²) in [5.41, 5.74) is 2.48. The highest BCUT2D eigenvalue weighted by atomic mass is 19.3. The van der Waals surface area contributed by atoms with Crippen molar-refractivity contribution in [2.75, 3.05) is 6.61 Å².